The van der Waals surface area contributed by atoms with Crippen molar-refractivity contribution in [2.45, 2.75) is 52.4 Å². The fraction of sp³-hybridized carbons (Fsp3) is 0.929. The van der Waals surface area contributed by atoms with Crippen molar-refractivity contribution >= 4 is 5.91 Å². The van der Waals surface area contributed by atoms with E-state index in [1.54, 1.807) is 4.90 Å². The molecular formula is C14H26F2N2O. The first-order chi connectivity index (χ1) is 8.71. The molecule has 0 aromatic rings. The van der Waals surface area contributed by atoms with Gasteiger partial charge >= 0.3 is 0 Å². The van der Waals surface area contributed by atoms with Gasteiger partial charge in [-0.3, -0.25) is 4.79 Å². The molecule has 0 aromatic heterocycles. The number of hydrogen-bond acceptors (Lipinski definition) is 2. The fourth-order valence-electron chi connectivity index (χ4n) is 2.47. The van der Waals surface area contributed by atoms with E-state index in [0.29, 0.717) is 32.5 Å². The van der Waals surface area contributed by atoms with Crippen molar-refractivity contribution in [1.29, 1.82) is 0 Å². The minimum atomic E-state index is -2.58. The molecule has 0 aliphatic heterocycles. The summed E-state index contributed by atoms with van der Waals surface area (Å²) in [6, 6.07) is 0. The fourth-order valence-corrected chi connectivity index (χ4v) is 2.47. The van der Waals surface area contributed by atoms with Gasteiger partial charge in [-0.05, 0) is 31.7 Å². The minimum Gasteiger partial charge on any atom is -0.342 e. The lowest BCUT2D eigenvalue weighted by atomic mass is 9.85. The van der Waals surface area contributed by atoms with E-state index in [4.69, 9.17) is 5.73 Å². The largest absolute Gasteiger partial charge is 0.342 e. The molecule has 1 aliphatic rings. The molecule has 0 heterocycles. The lowest BCUT2D eigenvalue weighted by Crippen LogP contribution is -2.45. The zero-order chi connectivity index (χ0) is 14.7. The van der Waals surface area contributed by atoms with Crippen LogP contribution in [0.5, 0.6) is 0 Å². The lowest BCUT2D eigenvalue weighted by Gasteiger charge is -2.35. The number of rotatable bonds is 5. The molecule has 0 bridgehead atoms. The van der Waals surface area contributed by atoms with Gasteiger partial charge < -0.3 is 10.6 Å². The molecule has 3 nitrogen and oxygen atoms in total. The van der Waals surface area contributed by atoms with Gasteiger partial charge in [0.1, 0.15) is 0 Å². The van der Waals surface area contributed by atoms with E-state index < -0.39 is 5.92 Å². The van der Waals surface area contributed by atoms with Crippen LogP contribution in [0.15, 0.2) is 0 Å². The summed E-state index contributed by atoms with van der Waals surface area (Å²) in [5.41, 5.74) is 5.55. The Hall–Kier alpha value is -0.710. The lowest BCUT2D eigenvalue weighted by molar-refractivity contribution is -0.140. The third-order valence-corrected chi connectivity index (χ3v) is 3.93. The van der Waals surface area contributed by atoms with Crippen molar-refractivity contribution in [3.8, 4) is 0 Å². The smallest absolute Gasteiger partial charge is 0.248 e. The third-order valence-electron chi connectivity index (χ3n) is 3.93. The van der Waals surface area contributed by atoms with E-state index in [2.05, 4.69) is 0 Å². The molecule has 5 heteroatoms. The Morgan fingerprint density at radius 1 is 1.37 bits per heavy atom. The number of hydrogen-bond donors (Lipinski definition) is 1. The van der Waals surface area contributed by atoms with Crippen LogP contribution < -0.4 is 5.73 Å². The molecule has 0 atom stereocenters. The number of amides is 1. The van der Waals surface area contributed by atoms with Gasteiger partial charge in [-0.1, -0.05) is 13.8 Å². The Morgan fingerprint density at radius 3 is 2.32 bits per heavy atom. The molecule has 0 radical (unpaired) electrons. The number of carbonyl (C=O) groups excluding carboxylic acids is 1. The zero-order valence-electron chi connectivity index (χ0n) is 12.2. The molecule has 1 saturated carbocycles. The van der Waals surface area contributed by atoms with Crippen LogP contribution in [-0.4, -0.2) is 36.4 Å². The molecule has 1 amide bonds. The quantitative estimate of drug-likeness (QED) is 0.839. The van der Waals surface area contributed by atoms with E-state index in [1.165, 1.54) is 0 Å². The van der Waals surface area contributed by atoms with Crippen LogP contribution in [0.25, 0.3) is 0 Å². The summed E-state index contributed by atoms with van der Waals surface area (Å²) in [6.45, 7) is 7.64. The second kappa shape index (κ2) is 6.16. The van der Waals surface area contributed by atoms with Crippen molar-refractivity contribution in [3.05, 3.63) is 0 Å². The maximum Gasteiger partial charge on any atom is 0.248 e. The van der Waals surface area contributed by atoms with Crippen molar-refractivity contribution in [3.63, 3.8) is 0 Å². The van der Waals surface area contributed by atoms with Crippen molar-refractivity contribution < 1.29 is 13.6 Å². The van der Waals surface area contributed by atoms with E-state index in [9.17, 15) is 13.6 Å². The molecule has 112 valence electrons. The Kier molecular flexibility index (Phi) is 5.30. The summed E-state index contributed by atoms with van der Waals surface area (Å²) in [6.07, 6.45) is 0.263. The second-order valence-electron chi connectivity index (χ2n) is 6.35. The van der Waals surface area contributed by atoms with Crippen LogP contribution in [0.2, 0.25) is 0 Å². The van der Waals surface area contributed by atoms with Crippen molar-refractivity contribution in [2.75, 3.05) is 19.6 Å². The normalized spacial score (nSPS) is 20.3. The summed E-state index contributed by atoms with van der Waals surface area (Å²) >= 11 is 0. The van der Waals surface area contributed by atoms with Crippen molar-refractivity contribution in [1.82, 2.24) is 4.90 Å². The summed E-state index contributed by atoms with van der Waals surface area (Å²) in [5, 5.41) is 0. The highest BCUT2D eigenvalue weighted by Gasteiger charge is 2.38. The summed E-state index contributed by atoms with van der Waals surface area (Å²) in [4.78, 5) is 14.1. The van der Waals surface area contributed by atoms with Gasteiger partial charge in [0.2, 0.25) is 11.8 Å². The van der Waals surface area contributed by atoms with E-state index >= 15 is 0 Å². The summed E-state index contributed by atoms with van der Waals surface area (Å²) < 4.78 is 26.2. The van der Waals surface area contributed by atoms with E-state index in [0.717, 1.165) is 0 Å². The van der Waals surface area contributed by atoms with Crippen molar-refractivity contribution in [2.24, 2.45) is 17.1 Å². The van der Waals surface area contributed by atoms with Crippen LogP contribution in [0.3, 0.4) is 0 Å². The molecule has 1 rings (SSSR count). The predicted octanol–water partition coefficient (Wildman–Crippen LogP) is 2.65. The standard InChI is InChI=1S/C14H26F2N2O/c1-4-18(10-13(2,3)9-17)12(19)11-5-7-14(15,16)8-6-11/h11H,4-10,17H2,1-3H3. The topological polar surface area (TPSA) is 46.3 Å². The van der Waals surface area contributed by atoms with Gasteiger partial charge in [-0.15, -0.1) is 0 Å². The molecule has 1 aliphatic carbocycles. The molecular weight excluding hydrogens is 250 g/mol. The third kappa shape index (κ3) is 4.71. The van der Waals surface area contributed by atoms with Gasteiger partial charge in [0.05, 0.1) is 0 Å². The summed E-state index contributed by atoms with van der Waals surface area (Å²) in [5.74, 6) is -2.81. The highest BCUT2D eigenvalue weighted by atomic mass is 19.3. The maximum atomic E-state index is 13.1. The van der Waals surface area contributed by atoms with Crippen LogP contribution in [0.1, 0.15) is 46.5 Å². The summed E-state index contributed by atoms with van der Waals surface area (Å²) in [7, 11) is 0. The number of nitrogens with two attached hydrogens (primary N) is 1. The van der Waals surface area contributed by atoms with Gasteiger partial charge in [0.15, 0.2) is 0 Å². The maximum absolute atomic E-state index is 13.1. The highest BCUT2D eigenvalue weighted by molar-refractivity contribution is 5.79. The first-order valence-electron chi connectivity index (χ1n) is 7.07. The average Bonchev–Trinajstić information content (AvgIpc) is 2.35. The first-order valence-corrected chi connectivity index (χ1v) is 7.07. The second-order valence-corrected chi connectivity index (χ2v) is 6.35. The van der Waals surface area contributed by atoms with Crippen LogP contribution >= 0.6 is 0 Å². The number of carbonyl (C=O) groups is 1. The Morgan fingerprint density at radius 2 is 1.89 bits per heavy atom. The van der Waals surface area contributed by atoms with Gasteiger partial charge in [0, 0.05) is 31.8 Å². The monoisotopic (exact) mass is 276 g/mol. The number of nitrogens with zero attached hydrogens (tertiary/aromatic N) is 1. The van der Waals surface area contributed by atoms with Crippen LogP contribution in [-0.2, 0) is 4.79 Å². The molecule has 2 N–H and O–H groups in total. The Bertz CT molecular complexity index is 309. The zero-order valence-corrected chi connectivity index (χ0v) is 12.2. The highest BCUT2D eigenvalue weighted by Crippen LogP contribution is 2.37. The Labute approximate surface area is 114 Å². The molecule has 0 unspecified atom stereocenters. The Balaban J connectivity index is 2.60. The van der Waals surface area contributed by atoms with Gasteiger partial charge in [-0.25, -0.2) is 8.78 Å². The van der Waals surface area contributed by atoms with Crippen LogP contribution in [0, 0.1) is 11.3 Å². The average molecular weight is 276 g/mol. The molecule has 19 heavy (non-hydrogen) atoms. The number of alkyl halides is 2. The van der Waals surface area contributed by atoms with Gasteiger partial charge in [0.25, 0.3) is 0 Å². The van der Waals surface area contributed by atoms with E-state index in [1.807, 2.05) is 20.8 Å². The molecule has 1 fully saturated rings. The predicted molar refractivity (Wildman–Crippen MR) is 72.0 cm³/mol. The molecule has 0 saturated heterocycles. The van der Waals surface area contributed by atoms with E-state index in [-0.39, 0.29) is 30.1 Å². The SMILES string of the molecule is CCN(CC(C)(C)CN)C(=O)C1CCC(F)(F)CC1. The first kappa shape index (κ1) is 16.3. The minimum absolute atomic E-state index is 0.0134. The molecule has 0 aromatic carbocycles. The molecule has 0 spiro atoms. The number of halogens is 2. The van der Waals surface area contributed by atoms with Crippen LogP contribution in [0.4, 0.5) is 8.78 Å². The van der Waals surface area contributed by atoms with Gasteiger partial charge in [-0.2, -0.15) is 0 Å².